The molecule has 1 nitrogen and oxygen atoms in total. The highest BCUT2D eigenvalue weighted by Gasteiger charge is 2.62. The van der Waals surface area contributed by atoms with Gasteiger partial charge >= 0.3 is 0 Å². The molecule has 1 saturated heterocycles. The van der Waals surface area contributed by atoms with E-state index >= 15 is 0 Å². The molecule has 0 bridgehead atoms. The van der Waals surface area contributed by atoms with E-state index in [4.69, 9.17) is 4.74 Å². The number of ether oxygens (including phenoxy) is 1. The number of epoxide rings is 1. The lowest BCUT2D eigenvalue weighted by Gasteiger charge is -2.12. The van der Waals surface area contributed by atoms with Crippen LogP contribution in [0.2, 0.25) is 0 Å². The number of hydrogen-bond acceptors (Lipinski definition) is 1. The van der Waals surface area contributed by atoms with Gasteiger partial charge < -0.3 is 4.74 Å². The van der Waals surface area contributed by atoms with E-state index in [1.807, 2.05) is 0 Å². The number of hydrogen-bond donors (Lipinski definition) is 0. The molecule has 1 fully saturated rings. The first-order chi connectivity index (χ1) is 4.16. The van der Waals surface area contributed by atoms with Crippen LogP contribution >= 0.6 is 0 Å². The molecule has 0 aromatic rings. The first-order valence-corrected chi connectivity index (χ1v) is 3.52. The van der Waals surface area contributed by atoms with E-state index in [0.29, 0.717) is 0 Å². The summed E-state index contributed by atoms with van der Waals surface area (Å²) in [6, 6.07) is 0. The van der Waals surface area contributed by atoms with Crippen molar-refractivity contribution in [3.8, 4) is 0 Å². The normalized spacial score (nSPS) is 54.9. The summed E-state index contributed by atoms with van der Waals surface area (Å²) in [7, 11) is 0. The van der Waals surface area contributed by atoms with Gasteiger partial charge in [-0.25, -0.2) is 0 Å². The molecule has 1 aliphatic carbocycles. The van der Waals surface area contributed by atoms with Gasteiger partial charge in [-0.15, -0.1) is 0 Å². The molecule has 1 heterocycles. The molecule has 1 heteroatoms. The van der Waals surface area contributed by atoms with Crippen LogP contribution in [0.15, 0.2) is 12.2 Å². The molecule has 50 valence electrons. The van der Waals surface area contributed by atoms with Crippen molar-refractivity contribution < 1.29 is 4.74 Å². The highest BCUT2D eigenvalue weighted by atomic mass is 16.6. The van der Waals surface area contributed by atoms with Crippen molar-refractivity contribution in [1.82, 2.24) is 0 Å². The molecule has 9 heavy (non-hydrogen) atoms. The molecule has 2 rings (SSSR count). The molecule has 2 aliphatic rings. The minimum absolute atomic E-state index is 0.196. The topological polar surface area (TPSA) is 12.5 Å². The van der Waals surface area contributed by atoms with E-state index in [1.54, 1.807) is 0 Å². The fraction of sp³-hybridized carbons (Fsp3) is 0.750. The van der Waals surface area contributed by atoms with E-state index in [9.17, 15) is 0 Å². The van der Waals surface area contributed by atoms with Crippen LogP contribution in [0.4, 0.5) is 0 Å². The third-order valence-electron chi connectivity index (χ3n) is 2.71. The molecule has 2 atom stereocenters. The van der Waals surface area contributed by atoms with Crippen molar-refractivity contribution in [3.05, 3.63) is 12.2 Å². The lowest BCUT2D eigenvalue weighted by molar-refractivity contribution is 0.283. The summed E-state index contributed by atoms with van der Waals surface area (Å²) in [4.78, 5) is 0. The second-order valence-corrected chi connectivity index (χ2v) is 3.44. The Balaban J connectivity index is 2.27. The second-order valence-electron chi connectivity index (χ2n) is 3.44. The molecule has 0 aromatic carbocycles. The van der Waals surface area contributed by atoms with Gasteiger partial charge in [0.05, 0.1) is 11.2 Å². The van der Waals surface area contributed by atoms with Gasteiger partial charge in [0.1, 0.15) is 0 Å². The smallest absolute Gasteiger partial charge is 0.0986 e. The first-order valence-electron chi connectivity index (χ1n) is 3.52. The van der Waals surface area contributed by atoms with E-state index < -0.39 is 0 Å². The second kappa shape index (κ2) is 1.24. The molecule has 0 amide bonds. The van der Waals surface area contributed by atoms with Gasteiger partial charge in [-0.1, -0.05) is 12.2 Å². The zero-order valence-electron chi connectivity index (χ0n) is 5.98. The van der Waals surface area contributed by atoms with E-state index in [0.717, 1.165) is 12.8 Å². The minimum atomic E-state index is 0.196. The van der Waals surface area contributed by atoms with Crippen molar-refractivity contribution in [1.29, 1.82) is 0 Å². The van der Waals surface area contributed by atoms with Crippen molar-refractivity contribution in [2.75, 3.05) is 0 Å². The molecule has 0 spiro atoms. The van der Waals surface area contributed by atoms with Crippen LogP contribution in [0.25, 0.3) is 0 Å². The van der Waals surface area contributed by atoms with Crippen LogP contribution in [-0.2, 0) is 4.74 Å². The minimum Gasteiger partial charge on any atom is -0.362 e. The van der Waals surface area contributed by atoms with Crippen LogP contribution in [0.3, 0.4) is 0 Å². The van der Waals surface area contributed by atoms with Gasteiger partial charge in [-0.2, -0.15) is 0 Å². The van der Waals surface area contributed by atoms with E-state index in [-0.39, 0.29) is 11.2 Å². The maximum Gasteiger partial charge on any atom is 0.0986 e. The Morgan fingerprint density at radius 1 is 1.11 bits per heavy atom. The van der Waals surface area contributed by atoms with Gasteiger partial charge in [0.2, 0.25) is 0 Å². The first kappa shape index (κ1) is 5.48. The third kappa shape index (κ3) is 0.531. The summed E-state index contributed by atoms with van der Waals surface area (Å²) in [6.45, 7) is 4.38. The molecule has 0 aromatic heterocycles. The predicted octanol–water partition coefficient (Wildman–Crippen LogP) is 1.88. The molecule has 1 aliphatic heterocycles. The highest BCUT2D eigenvalue weighted by Crippen LogP contribution is 2.54. The Labute approximate surface area is 55.7 Å². The van der Waals surface area contributed by atoms with Crippen LogP contribution < -0.4 is 0 Å². The average molecular weight is 124 g/mol. The Morgan fingerprint density at radius 3 is 1.89 bits per heavy atom. The van der Waals surface area contributed by atoms with Crippen molar-refractivity contribution in [2.45, 2.75) is 37.9 Å². The van der Waals surface area contributed by atoms with Crippen molar-refractivity contribution in [2.24, 2.45) is 0 Å². The lowest BCUT2D eigenvalue weighted by atomic mass is 9.86. The van der Waals surface area contributed by atoms with Crippen LogP contribution in [-0.4, -0.2) is 11.2 Å². The summed E-state index contributed by atoms with van der Waals surface area (Å²) in [6.07, 6.45) is 6.64. The Hall–Kier alpha value is -0.300. The summed E-state index contributed by atoms with van der Waals surface area (Å²) in [5, 5.41) is 0. The van der Waals surface area contributed by atoms with E-state index in [2.05, 4.69) is 26.0 Å². The van der Waals surface area contributed by atoms with Gasteiger partial charge in [-0.05, 0) is 26.7 Å². The molecule has 2 unspecified atom stereocenters. The maximum absolute atomic E-state index is 5.59. The monoisotopic (exact) mass is 124 g/mol. The largest absolute Gasteiger partial charge is 0.362 e. The average Bonchev–Trinajstić information content (AvgIpc) is 2.33. The molecule has 0 N–H and O–H groups in total. The Kier molecular flexibility index (Phi) is 0.755. The lowest BCUT2D eigenvalue weighted by Crippen LogP contribution is -2.20. The summed E-state index contributed by atoms with van der Waals surface area (Å²) in [5.41, 5.74) is 0.392. The fourth-order valence-electron chi connectivity index (χ4n) is 1.60. The molecule has 0 saturated carbocycles. The van der Waals surface area contributed by atoms with Gasteiger partial charge in [0.15, 0.2) is 0 Å². The zero-order chi connectivity index (χ0) is 6.54. The van der Waals surface area contributed by atoms with Crippen molar-refractivity contribution in [3.63, 3.8) is 0 Å². The number of fused-ring (bicyclic) bond motifs is 1. The highest BCUT2D eigenvalue weighted by molar-refractivity contribution is 5.20. The van der Waals surface area contributed by atoms with Gasteiger partial charge in [0, 0.05) is 0 Å². The summed E-state index contributed by atoms with van der Waals surface area (Å²) in [5.74, 6) is 0. The van der Waals surface area contributed by atoms with Crippen molar-refractivity contribution >= 4 is 0 Å². The van der Waals surface area contributed by atoms with Crippen LogP contribution in [0.5, 0.6) is 0 Å². The fourth-order valence-corrected chi connectivity index (χ4v) is 1.60. The quantitative estimate of drug-likeness (QED) is 0.355. The van der Waals surface area contributed by atoms with Crippen LogP contribution in [0, 0.1) is 0 Å². The summed E-state index contributed by atoms with van der Waals surface area (Å²) >= 11 is 0. The standard InChI is InChI=1S/C8H12O/c1-7-5-3-4-6-8(7,2)9-7/h3-4H,5-6H2,1-2H3. The van der Waals surface area contributed by atoms with Gasteiger partial charge in [-0.3, -0.25) is 0 Å². The number of rotatable bonds is 0. The Morgan fingerprint density at radius 2 is 1.56 bits per heavy atom. The molecular weight excluding hydrogens is 112 g/mol. The SMILES string of the molecule is CC12CC=CCC1(C)O2. The predicted molar refractivity (Wildman–Crippen MR) is 36.3 cm³/mol. The summed E-state index contributed by atoms with van der Waals surface area (Å²) < 4.78 is 5.59. The van der Waals surface area contributed by atoms with E-state index in [1.165, 1.54) is 0 Å². The maximum atomic E-state index is 5.59. The van der Waals surface area contributed by atoms with Gasteiger partial charge in [0.25, 0.3) is 0 Å². The Bertz CT molecular complexity index is 155. The molecule has 0 radical (unpaired) electrons. The van der Waals surface area contributed by atoms with Crippen LogP contribution in [0.1, 0.15) is 26.7 Å². The zero-order valence-corrected chi connectivity index (χ0v) is 5.98. The molecular formula is C8H12O. The third-order valence-corrected chi connectivity index (χ3v) is 2.71.